The third kappa shape index (κ3) is 1.67. The Morgan fingerprint density at radius 2 is 1.42 bits per heavy atom. The molecular formula is C4H5F5O2S. The lowest BCUT2D eigenvalue weighted by molar-refractivity contribution is -0.241. The Morgan fingerprint density at radius 3 is 1.50 bits per heavy atom. The van der Waals surface area contributed by atoms with Crippen LogP contribution < -0.4 is 0 Å². The van der Waals surface area contributed by atoms with E-state index in [1.807, 2.05) is 0 Å². The van der Waals surface area contributed by atoms with Gasteiger partial charge in [0.05, 0.1) is 5.75 Å². The molecule has 0 aromatic heterocycles. The lowest BCUT2D eigenvalue weighted by atomic mass is 10.7. The van der Waals surface area contributed by atoms with E-state index in [0.29, 0.717) is 0 Å². The number of hydrogen-bond acceptors (Lipinski definition) is 2. The Hall–Kier alpha value is -0.400. The molecule has 74 valence electrons. The number of rotatable bonds is 2. The van der Waals surface area contributed by atoms with Gasteiger partial charge in [0.25, 0.3) is 0 Å². The van der Waals surface area contributed by atoms with E-state index in [0.717, 1.165) is 6.92 Å². The van der Waals surface area contributed by atoms with Crippen LogP contribution in [0.3, 0.4) is 0 Å². The highest BCUT2D eigenvalue weighted by Crippen LogP contribution is 2.39. The van der Waals surface area contributed by atoms with Gasteiger partial charge in [0.1, 0.15) is 0 Å². The molecule has 0 spiro atoms. The molecule has 0 aliphatic carbocycles. The second-order valence-electron chi connectivity index (χ2n) is 1.92. The zero-order chi connectivity index (χ0) is 10.2. The van der Waals surface area contributed by atoms with Gasteiger partial charge in [0.2, 0.25) is 9.84 Å². The smallest absolute Gasteiger partial charge is 0.222 e. The van der Waals surface area contributed by atoms with Gasteiger partial charge < -0.3 is 0 Å². The largest absolute Gasteiger partial charge is 0.469 e. The average molecular weight is 212 g/mol. The minimum atomic E-state index is -6.04. The first-order chi connectivity index (χ1) is 5.06. The highest BCUT2D eigenvalue weighted by molar-refractivity contribution is 7.92. The molecule has 2 nitrogen and oxygen atoms in total. The fraction of sp³-hybridized carbons (Fsp3) is 1.00. The highest BCUT2D eigenvalue weighted by Gasteiger charge is 2.66. The van der Waals surface area contributed by atoms with E-state index in [1.165, 1.54) is 0 Å². The second-order valence-corrected chi connectivity index (χ2v) is 4.24. The summed E-state index contributed by atoms with van der Waals surface area (Å²) >= 11 is 0. The molecule has 0 heterocycles. The molecule has 0 atom stereocenters. The van der Waals surface area contributed by atoms with Crippen molar-refractivity contribution in [2.24, 2.45) is 0 Å². The lowest BCUT2D eigenvalue weighted by Crippen LogP contribution is -2.44. The van der Waals surface area contributed by atoms with Gasteiger partial charge in [-0.1, -0.05) is 6.92 Å². The molecule has 0 amide bonds. The lowest BCUT2D eigenvalue weighted by Gasteiger charge is -2.18. The fourth-order valence-corrected chi connectivity index (χ4v) is 1.07. The zero-order valence-corrected chi connectivity index (χ0v) is 6.64. The van der Waals surface area contributed by atoms with Gasteiger partial charge >= 0.3 is 11.4 Å². The number of hydrogen-bond donors (Lipinski definition) is 0. The van der Waals surface area contributed by atoms with E-state index in [1.54, 1.807) is 0 Å². The molecule has 0 aromatic carbocycles. The van der Waals surface area contributed by atoms with Crippen LogP contribution in [0.4, 0.5) is 22.0 Å². The molecule has 0 aromatic rings. The minimum Gasteiger partial charge on any atom is -0.222 e. The van der Waals surface area contributed by atoms with Crippen LogP contribution in [0.5, 0.6) is 0 Å². The van der Waals surface area contributed by atoms with Crippen LogP contribution in [0.1, 0.15) is 6.92 Å². The molecule has 0 saturated carbocycles. The predicted molar refractivity (Wildman–Crippen MR) is 30.5 cm³/mol. The third-order valence-corrected chi connectivity index (χ3v) is 2.87. The maximum Gasteiger partial charge on any atom is 0.469 e. The molecule has 0 aliphatic rings. The van der Waals surface area contributed by atoms with Gasteiger partial charge in [-0.05, 0) is 0 Å². The van der Waals surface area contributed by atoms with Crippen molar-refractivity contribution in [3.05, 3.63) is 0 Å². The third-order valence-electron chi connectivity index (χ3n) is 1.10. The molecule has 0 bridgehead atoms. The number of sulfone groups is 1. The van der Waals surface area contributed by atoms with E-state index >= 15 is 0 Å². The summed E-state index contributed by atoms with van der Waals surface area (Å²) in [5.41, 5.74) is 0. The Labute approximate surface area is 65.3 Å². The van der Waals surface area contributed by atoms with Crippen LogP contribution in [-0.4, -0.2) is 25.6 Å². The van der Waals surface area contributed by atoms with E-state index in [4.69, 9.17) is 0 Å². The summed E-state index contributed by atoms with van der Waals surface area (Å²) in [5.74, 6) is -1.25. The van der Waals surface area contributed by atoms with Crippen molar-refractivity contribution in [3.63, 3.8) is 0 Å². The van der Waals surface area contributed by atoms with Crippen LogP contribution in [0.25, 0.3) is 0 Å². The van der Waals surface area contributed by atoms with Crippen molar-refractivity contribution in [2.75, 3.05) is 5.75 Å². The van der Waals surface area contributed by atoms with Crippen molar-refractivity contribution in [3.8, 4) is 0 Å². The predicted octanol–water partition coefficient (Wildman–Crippen LogP) is 1.58. The molecule has 0 unspecified atom stereocenters. The average Bonchev–Trinajstić information content (AvgIpc) is 1.85. The Morgan fingerprint density at radius 1 is 1.08 bits per heavy atom. The van der Waals surface area contributed by atoms with Crippen LogP contribution in [0.15, 0.2) is 0 Å². The number of alkyl halides is 5. The van der Waals surface area contributed by atoms with Crippen molar-refractivity contribution < 1.29 is 30.4 Å². The van der Waals surface area contributed by atoms with Crippen molar-refractivity contribution >= 4 is 9.84 Å². The summed E-state index contributed by atoms with van der Waals surface area (Å²) in [6, 6.07) is 0. The first-order valence-electron chi connectivity index (χ1n) is 2.73. The summed E-state index contributed by atoms with van der Waals surface area (Å²) in [6.45, 7) is 0.717. The normalized spacial score (nSPS) is 14.8. The highest BCUT2D eigenvalue weighted by atomic mass is 32.2. The molecule has 0 fully saturated rings. The Kier molecular flexibility index (Phi) is 2.73. The summed E-state index contributed by atoms with van der Waals surface area (Å²) in [5, 5.41) is -5.64. The fourth-order valence-electron chi connectivity index (χ4n) is 0.358. The van der Waals surface area contributed by atoms with Crippen LogP contribution in [0, 0.1) is 0 Å². The Balaban J connectivity index is 5.14. The molecule has 12 heavy (non-hydrogen) atoms. The van der Waals surface area contributed by atoms with E-state index in [2.05, 4.69) is 0 Å². The summed E-state index contributed by atoms with van der Waals surface area (Å²) in [6.07, 6.45) is -6.04. The molecule has 0 rings (SSSR count). The van der Waals surface area contributed by atoms with Gasteiger partial charge in [-0.3, -0.25) is 0 Å². The van der Waals surface area contributed by atoms with Crippen LogP contribution >= 0.6 is 0 Å². The monoisotopic (exact) mass is 212 g/mol. The number of halogens is 5. The summed E-state index contributed by atoms with van der Waals surface area (Å²) < 4.78 is 78.5. The summed E-state index contributed by atoms with van der Waals surface area (Å²) in [4.78, 5) is 0. The minimum absolute atomic E-state index is 0.717. The standard InChI is InChI=1S/C4H5F5O2S/c1-2-12(10,11)4(8,9)3(5,6)7/h2H2,1H3. The maximum atomic E-state index is 12.0. The molecule has 8 heteroatoms. The first kappa shape index (κ1) is 11.6. The molecule has 0 radical (unpaired) electrons. The molecule has 0 saturated heterocycles. The van der Waals surface area contributed by atoms with Crippen molar-refractivity contribution in [1.29, 1.82) is 0 Å². The second kappa shape index (κ2) is 2.82. The van der Waals surface area contributed by atoms with Crippen LogP contribution in [-0.2, 0) is 9.84 Å². The Bertz CT molecular complexity index is 251. The molecule has 0 aliphatic heterocycles. The van der Waals surface area contributed by atoms with Gasteiger partial charge in [0.15, 0.2) is 0 Å². The van der Waals surface area contributed by atoms with E-state index < -0.39 is 27.0 Å². The van der Waals surface area contributed by atoms with Gasteiger partial charge in [-0.15, -0.1) is 0 Å². The first-order valence-corrected chi connectivity index (χ1v) is 4.38. The van der Waals surface area contributed by atoms with Crippen molar-refractivity contribution in [1.82, 2.24) is 0 Å². The quantitative estimate of drug-likeness (QED) is 0.651. The summed E-state index contributed by atoms with van der Waals surface area (Å²) in [7, 11) is -5.41. The van der Waals surface area contributed by atoms with Crippen LogP contribution in [0.2, 0.25) is 0 Å². The topological polar surface area (TPSA) is 34.1 Å². The zero-order valence-electron chi connectivity index (χ0n) is 5.82. The van der Waals surface area contributed by atoms with Crippen molar-refractivity contribution in [2.45, 2.75) is 18.4 Å². The SMILES string of the molecule is CCS(=O)(=O)C(F)(F)C(F)(F)F. The van der Waals surface area contributed by atoms with Gasteiger partial charge in [-0.25, -0.2) is 8.42 Å². The maximum absolute atomic E-state index is 12.0. The van der Waals surface area contributed by atoms with Gasteiger partial charge in [-0.2, -0.15) is 22.0 Å². The van der Waals surface area contributed by atoms with E-state index in [9.17, 15) is 30.4 Å². The van der Waals surface area contributed by atoms with E-state index in [-0.39, 0.29) is 0 Å². The molecular weight excluding hydrogens is 207 g/mol. The molecule has 0 N–H and O–H groups in total. The van der Waals surface area contributed by atoms with Gasteiger partial charge in [0, 0.05) is 0 Å².